The maximum atomic E-state index is 13.3. The number of rotatable bonds is 5. The molecule has 1 aliphatic heterocycles. The number of ketones is 1. The molecule has 4 nitrogen and oxygen atoms in total. The number of carbonyl (C=O) groups is 1. The molecule has 0 saturated heterocycles. The van der Waals surface area contributed by atoms with E-state index in [4.69, 9.17) is 16.0 Å². The molecule has 2 bridgehead atoms. The van der Waals surface area contributed by atoms with Gasteiger partial charge in [-0.3, -0.25) is 14.8 Å². The smallest absolute Gasteiger partial charge is 0.166 e. The zero-order chi connectivity index (χ0) is 22.8. The zero-order valence-corrected chi connectivity index (χ0v) is 18.9. The predicted molar refractivity (Wildman–Crippen MR) is 131 cm³/mol. The van der Waals surface area contributed by atoms with Crippen LogP contribution in [-0.2, 0) is 17.6 Å². The molecular formula is C28H21ClN2O2. The number of halogens is 1. The second kappa shape index (κ2) is 9.05. The third-order valence-electron chi connectivity index (χ3n) is 5.86. The van der Waals surface area contributed by atoms with E-state index < -0.39 is 0 Å². The van der Waals surface area contributed by atoms with Gasteiger partial charge in [-0.1, -0.05) is 41.6 Å². The molecule has 0 fully saturated rings. The summed E-state index contributed by atoms with van der Waals surface area (Å²) < 4.78 is 5.66. The molecule has 0 amide bonds. The molecule has 3 aromatic heterocycles. The number of furan rings is 2. The Morgan fingerprint density at radius 1 is 1.12 bits per heavy atom. The van der Waals surface area contributed by atoms with Gasteiger partial charge in [0, 0.05) is 41.6 Å². The number of dihydropyridines is 1. The first-order valence-electron chi connectivity index (χ1n) is 10.8. The van der Waals surface area contributed by atoms with Gasteiger partial charge < -0.3 is 4.42 Å². The molecule has 0 saturated carbocycles. The van der Waals surface area contributed by atoms with Gasteiger partial charge >= 0.3 is 0 Å². The van der Waals surface area contributed by atoms with Crippen LogP contribution < -0.4 is 0 Å². The Morgan fingerprint density at radius 2 is 1.94 bits per heavy atom. The third kappa shape index (κ3) is 4.60. The van der Waals surface area contributed by atoms with Gasteiger partial charge in [0.25, 0.3) is 0 Å². The Kier molecular flexibility index (Phi) is 5.81. The van der Waals surface area contributed by atoms with Crippen LogP contribution in [0.15, 0.2) is 80.8 Å². The Morgan fingerprint density at radius 3 is 2.67 bits per heavy atom. The highest BCUT2D eigenvalue weighted by Gasteiger charge is 2.28. The Bertz CT molecular complexity index is 1440. The van der Waals surface area contributed by atoms with E-state index in [0.717, 1.165) is 39.1 Å². The molecule has 0 radical (unpaired) electrons. The SMILES string of the molecule is Cc1cc(C#Cc2ccccc2)cnc1CC(=O)C1=C(Cl)C=NCC1Cc1cc2ccc1o2. The first kappa shape index (κ1) is 21.2. The molecule has 4 aromatic rings. The van der Waals surface area contributed by atoms with Crippen molar-refractivity contribution < 1.29 is 9.21 Å². The summed E-state index contributed by atoms with van der Waals surface area (Å²) in [5.74, 6) is 6.18. The van der Waals surface area contributed by atoms with Crippen molar-refractivity contribution in [1.82, 2.24) is 4.98 Å². The number of aromatic nitrogens is 1. The number of fused-ring (bicyclic) bond motifs is 2. The van der Waals surface area contributed by atoms with Gasteiger partial charge in [-0.25, -0.2) is 0 Å². The Balaban J connectivity index is 1.33. The van der Waals surface area contributed by atoms with Crippen LogP contribution in [0.1, 0.15) is 27.9 Å². The van der Waals surface area contributed by atoms with E-state index in [1.54, 1.807) is 12.4 Å². The average Bonchev–Trinajstić information content (AvgIpc) is 3.43. The third-order valence-corrected chi connectivity index (χ3v) is 6.16. The summed E-state index contributed by atoms with van der Waals surface area (Å²) in [6, 6.07) is 17.7. The highest BCUT2D eigenvalue weighted by atomic mass is 35.5. The van der Waals surface area contributed by atoms with Crippen molar-refractivity contribution in [2.75, 3.05) is 6.54 Å². The fourth-order valence-corrected chi connectivity index (χ4v) is 4.51. The standard InChI is InChI=1S/C28H21ClN2O2/c1-18-11-20(8-7-19-5-3-2-4-6-19)15-31-25(18)14-26(32)28-22(16-30-17-24(28)29)12-21-13-23-9-10-27(21)33-23/h2-6,9-11,13,15,17,22H,12,14,16H2,1H3. The minimum atomic E-state index is -0.0815. The molecule has 1 unspecified atom stereocenters. The van der Waals surface area contributed by atoms with E-state index >= 15 is 0 Å². The highest BCUT2D eigenvalue weighted by molar-refractivity contribution is 6.41. The van der Waals surface area contributed by atoms with Crippen LogP contribution in [0.4, 0.5) is 0 Å². The first-order chi connectivity index (χ1) is 16.1. The predicted octanol–water partition coefficient (Wildman–Crippen LogP) is 5.52. The summed E-state index contributed by atoms with van der Waals surface area (Å²) in [7, 11) is 0. The Labute approximate surface area is 197 Å². The molecular weight excluding hydrogens is 432 g/mol. The summed E-state index contributed by atoms with van der Waals surface area (Å²) >= 11 is 6.46. The van der Waals surface area contributed by atoms with E-state index in [9.17, 15) is 4.79 Å². The fraction of sp³-hybridized carbons (Fsp3) is 0.179. The molecule has 1 aliphatic rings. The van der Waals surface area contributed by atoms with E-state index in [0.29, 0.717) is 23.6 Å². The lowest BCUT2D eigenvalue weighted by atomic mass is 9.86. The van der Waals surface area contributed by atoms with Crippen LogP contribution in [0.2, 0.25) is 0 Å². The molecule has 5 heteroatoms. The van der Waals surface area contributed by atoms with Gasteiger partial charge in [0.15, 0.2) is 5.78 Å². The van der Waals surface area contributed by atoms with Gasteiger partial charge in [-0.2, -0.15) is 0 Å². The molecule has 33 heavy (non-hydrogen) atoms. The molecule has 0 N–H and O–H groups in total. The van der Waals surface area contributed by atoms with E-state index in [1.807, 2.05) is 61.5 Å². The second-order valence-corrected chi connectivity index (χ2v) is 8.64. The van der Waals surface area contributed by atoms with Crippen LogP contribution in [0.3, 0.4) is 0 Å². The number of aryl methyl sites for hydroxylation is 1. The quantitative estimate of drug-likeness (QED) is 0.374. The average molecular weight is 453 g/mol. The summed E-state index contributed by atoms with van der Waals surface area (Å²) in [5, 5.41) is 0.414. The van der Waals surface area contributed by atoms with Gasteiger partial charge in [0.2, 0.25) is 0 Å². The molecule has 162 valence electrons. The summed E-state index contributed by atoms with van der Waals surface area (Å²) in [5.41, 5.74) is 6.84. The van der Waals surface area contributed by atoms with Gasteiger partial charge in [-0.15, -0.1) is 0 Å². The lowest BCUT2D eigenvalue weighted by Gasteiger charge is -2.21. The monoisotopic (exact) mass is 452 g/mol. The van der Waals surface area contributed by atoms with Crippen LogP contribution in [0.5, 0.6) is 0 Å². The minimum Gasteiger partial charge on any atom is -0.457 e. The van der Waals surface area contributed by atoms with Crippen LogP contribution in [-0.4, -0.2) is 23.5 Å². The van der Waals surface area contributed by atoms with E-state index in [-0.39, 0.29) is 18.1 Å². The lowest BCUT2D eigenvalue weighted by molar-refractivity contribution is -0.115. The number of Topliss-reactive ketones (excluding diaryl/α,β-unsaturated/α-hetero) is 1. The zero-order valence-electron chi connectivity index (χ0n) is 18.1. The molecule has 0 spiro atoms. The number of hydrogen-bond donors (Lipinski definition) is 0. The van der Waals surface area contributed by atoms with Crippen molar-refractivity contribution in [3.63, 3.8) is 0 Å². The summed E-state index contributed by atoms with van der Waals surface area (Å²) in [4.78, 5) is 22.2. The Hall–Kier alpha value is -3.68. The summed E-state index contributed by atoms with van der Waals surface area (Å²) in [6.45, 7) is 2.48. The van der Waals surface area contributed by atoms with Crippen molar-refractivity contribution in [1.29, 1.82) is 0 Å². The topological polar surface area (TPSA) is 55.5 Å². The number of hydrogen-bond acceptors (Lipinski definition) is 4. The number of pyridine rings is 1. The molecule has 0 aliphatic carbocycles. The lowest BCUT2D eigenvalue weighted by Crippen LogP contribution is -2.24. The van der Waals surface area contributed by atoms with Crippen LogP contribution in [0.25, 0.3) is 11.2 Å². The van der Waals surface area contributed by atoms with Crippen LogP contribution >= 0.6 is 11.6 Å². The summed E-state index contributed by atoms with van der Waals surface area (Å²) in [6.07, 6.45) is 4.16. The molecule has 5 rings (SSSR count). The number of benzene rings is 2. The normalized spacial score (nSPS) is 15.6. The van der Waals surface area contributed by atoms with E-state index in [1.165, 1.54) is 0 Å². The van der Waals surface area contributed by atoms with Crippen molar-refractivity contribution in [2.45, 2.75) is 19.8 Å². The van der Waals surface area contributed by atoms with Crippen molar-refractivity contribution in [2.24, 2.45) is 10.9 Å². The highest BCUT2D eigenvalue weighted by Crippen LogP contribution is 2.31. The first-order valence-corrected chi connectivity index (χ1v) is 11.2. The van der Waals surface area contributed by atoms with Gasteiger partial charge in [-0.05, 0) is 60.9 Å². The number of carbonyl (C=O) groups excluding carboxylic acids is 1. The largest absolute Gasteiger partial charge is 0.457 e. The molecule has 1 atom stereocenters. The van der Waals surface area contributed by atoms with Crippen LogP contribution in [0, 0.1) is 24.7 Å². The maximum absolute atomic E-state index is 13.3. The fourth-order valence-electron chi connectivity index (χ4n) is 4.18. The minimum absolute atomic E-state index is 0.0206. The molecule has 1 aromatic carbocycles. The molecule has 4 heterocycles. The van der Waals surface area contributed by atoms with E-state index in [2.05, 4.69) is 21.8 Å². The van der Waals surface area contributed by atoms with Gasteiger partial charge in [0.05, 0.1) is 17.1 Å². The number of nitrogens with zero attached hydrogens (tertiary/aromatic N) is 2. The van der Waals surface area contributed by atoms with Crippen molar-refractivity contribution >= 4 is 34.8 Å². The van der Waals surface area contributed by atoms with Gasteiger partial charge in [0.1, 0.15) is 11.2 Å². The maximum Gasteiger partial charge on any atom is 0.166 e. The second-order valence-electron chi connectivity index (χ2n) is 8.23. The number of allylic oxidation sites excluding steroid dienone is 1. The number of aliphatic imine (C=N–C) groups is 1. The van der Waals surface area contributed by atoms with Crippen molar-refractivity contribution in [3.05, 3.63) is 99.3 Å². The van der Waals surface area contributed by atoms with Crippen molar-refractivity contribution in [3.8, 4) is 11.8 Å².